The third-order valence-corrected chi connectivity index (χ3v) is 2.93. The van der Waals surface area contributed by atoms with Gasteiger partial charge in [0.2, 0.25) is 0 Å². The Kier molecular flexibility index (Phi) is 3.59. The monoisotopic (exact) mass is 229 g/mol. The van der Waals surface area contributed by atoms with Gasteiger partial charge < -0.3 is 10.3 Å². The van der Waals surface area contributed by atoms with Crippen molar-refractivity contribution in [2.75, 3.05) is 0 Å². The number of aryl methyl sites for hydroxylation is 2. The van der Waals surface area contributed by atoms with Crippen LogP contribution in [0.1, 0.15) is 36.3 Å². The lowest BCUT2D eigenvalue weighted by atomic mass is 10.1. The van der Waals surface area contributed by atoms with Gasteiger partial charge in [-0.2, -0.15) is 0 Å². The molecule has 0 aliphatic rings. The molecule has 0 aliphatic carbocycles. The van der Waals surface area contributed by atoms with E-state index in [4.69, 9.17) is 5.73 Å². The summed E-state index contributed by atoms with van der Waals surface area (Å²) in [6, 6.07) is 8.18. The first-order valence-corrected chi connectivity index (χ1v) is 6.05. The second-order valence-electron chi connectivity index (χ2n) is 4.37. The van der Waals surface area contributed by atoms with E-state index in [9.17, 15) is 0 Å². The van der Waals surface area contributed by atoms with Gasteiger partial charge in [0.1, 0.15) is 5.82 Å². The molecule has 90 valence electrons. The lowest BCUT2D eigenvalue weighted by Gasteiger charge is -2.14. The van der Waals surface area contributed by atoms with Gasteiger partial charge >= 0.3 is 0 Å². The van der Waals surface area contributed by atoms with Crippen LogP contribution in [0.15, 0.2) is 36.7 Å². The molecule has 2 aromatic rings. The Morgan fingerprint density at radius 2 is 2.00 bits per heavy atom. The van der Waals surface area contributed by atoms with Crippen LogP contribution in [0.2, 0.25) is 0 Å². The van der Waals surface area contributed by atoms with Crippen molar-refractivity contribution < 1.29 is 0 Å². The van der Waals surface area contributed by atoms with Gasteiger partial charge in [-0.25, -0.2) is 4.98 Å². The average molecular weight is 229 g/mol. The van der Waals surface area contributed by atoms with Gasteiger partial charge in [0.25, 0.3) is 0 Å². The molecular formula is C14H19N3. The molecule has 0 amide bonds. The van der Waals surface area contributed by atoms with E-state index in [-0.39, 0.29) is 6.04 Å². The van der Waals surface area contributed by atoms with Crippen molar-refractivity contribution >= 4 is 0 Å². The van der Waals surface area contributed by atoms with Crippen LogP contribution in [0.3, 0.4) is 0 Å². The molecule has 0 spiro atoms. The van der Waals surface area contributed by atoms with Crippen molar-refractivity contribution in [3.63, 3.8) is 0 Å². The topological polar surface area (TPSA) is 43.8 Å². The lowest BCUT2D eigenvalue weighted by molar-refractivity contribution is 0.613. The first kappa shape index (κ1) is 11.9. The molecule has 1 aromatic heterocycles. The number of imidazole rings is 1. The zero-order chi connectivity index (χ0) is 12.3. The fourth-order valence-electron chi connectivity index (χ4n) is 1.95. The largest absolute Gasteiger partial charge is 0.333 e. The molecule has 0 radical (unpaired) electrons. The van der Waals surface area contributed by atoms with E-state index in [0.29, 0.717) is 0 Å². The molecule has 1 unspecified atom stereocenters. The second-order valence-corrected chi connectivity index (χ2v) is 4.37. The summed E-state index contributed by atoms with van der Waals surface area (Å²) in [6.45, 7) is 5.20. The molecule has 1 heterocycles. The summed E-state index contributed by atoms with van der Waals surface area (Å²) < 4.78 is 2.13. The molecule has 0 aliphatic heterocycles. The van der Waals surface area contributed by atoms with Crippen LogP contribution >= 0.6 is 0 Å². The smallest absolute Gasteiger partial charge is 0.130 e. The van der Waals surface area contributed by atoms with Crippen molar-refractivity contribution in [1.82, 2.24) is 9.55 Å². The Labute approximate surface area is 102 Å². The lowest BCUT2D eigenvalue weighted by Crippen LogP contribution is -2.17. The third-order valence-electron chi connectivity index (χ3n) is 2.93. The molecule has 2 N–H and O–H groups in total. The maximum absolute atomic E-state index is 6.26. The van der Waals surface area contributed by atoms with E-state index in [1.807, 2.05) is 12.4 Å². The van der Waals surface area contributed by atoms with Crippen LogP contribution in [0.5, 0.6) is 0 Å². The summed E-state index contributed by atoms with van der Waals surface area (Å²) in [7, 11) is 0. The minimum atomic E-state index is -0.142. The highest BCUT2D eigenvalue weighted by atomic mass is 15.1. The number of rotatable bonds is 4. The average Bonchev–Trinajstić information content (AvgIpc) is 2.78. The third kappa shape index (κ3) is 2.56. The van der Waals surface area contributed by atoms with Crippen LogP contribution in [-0.2, 0) is 6.54 Å². The van der Waals surface area contributed by atoms with Crippen molar-refractivity contribution in [1.29, 1.82) is 0 Å². The highest BCUT2D eigenvalue weighted by Gasteiger charge is 2.13. The molecule has 2 rings (SSSR count). The van der Waals surface area contributed by atoms with Gasteiger partial charge in [-0.3, -0.25) is 0 Å². The summed E-state index contributed by atoms with van der Waals surface area (Å²) in [5, 5.41) is 0. The van der Waals surface area contributed by atoms with E-state index in [2.05, 4.69) is 47.7 Å². The minimum absolute atomic E-state index is 0.142. The Bertz CT molecular complexity index is 470. The Hall–Kier alpha value is -1.61. The molecule has 3 heteroatoms. The fourth-order valence-corrected chi connectivity index (χ4v) is 1.95. The quantitative estimate of drug-likeness (QED) is 0.876. The number of nitrogens with zero attached hydrogens (tertiary/aromatic N) is 2. The van der Waals surface area contributed by atoms with E-state index in [1.54, 1.807) is 0 Å². The van der Waals surface area contributed by atoms with Gasteiger partial charge in [0.15, 0.2) is 0 Å². The maximum atomic E-state index is 6.26. The van der Waals surface area contributed by atoms with Crippen LogP contribution in [0, 0.1) is 6.92 Å². The molecule has 17 heavy (non-hydrogen) atoms. The van der Waals surface area contributed by atoms with Gasteiger partial charge in [-0.15, -0.1) is 0 Å². The molecule has 0 fully saturated rings. The van der Waals surface area contributed by atoms with E-state index in [0.717, 1.165) is 24.4 Å². The molecule has 0 saturated carbocycles. The molecule has 3 nitrogen and oxygen atoms in total. The van der Waals surface area contributed by atoms with Gasteiger partial charge in [0, 0.05) is 18.9 Å². The number of hydrogen-bond donors (Lipinski definition) is 1. The molecule has 1 aromatic carbocycles. The summed E-state index contributed by atoms with van der Waals surface area (Å²) in [4.78, 5) is 4.37. The normalized spacial score (nSPS) is 12.6. The highest BCUT2D eigenvalue weighted by molar-refractivity contribution is 5.28. The number of nitrogens with two attached hydrogens (primary N) is 1. The Morgan fingerprint density at radius 1 is 1.29 bits per heavy atom. The predicted molar refractivity (Wildman–Crippen MR) is 69.7 cm³/mol. The molecular weight excluding hydrogens is 210 g/mol. The van der Waals surface area contributed by atoms with Crippen LogP contribution in [-0.4, -0.2) is 9.55 Å². The number of aromatic nitrogens is 2. The summed E-state index contributed by atoms with van der Waals surface area (Å²) in [5.41, 5.74) is 8.62. The summed E-state index contributed by atoms with van der Waals surface area (Å²) in [6.07, 6.45) is 4.90. The van der Waals surface area contributed by atoms with Gasteiger partial charge in [-0.05, 0) is 18.9 Å². The van der Waals surface area contributed by atoms with Crippen LogP contribution in [0.25, 0.3) is 0 Å². The van der Waals surface area contributed by atoms with E-state index >= 15 is 0 Å². The van der Waals surface area contributed by atoms with E-state index < -0.39 is 0 Å². The highest BCUT2D eigenvalue weighted by Crippen LogP contribution is 2.18. The second kappa shape index (κ2) is 5.15. The van der Waals surface area contributed by atoms with Crippen molar-refractivity contribution in [2.45, 2.75) is 32.9 Å². The first-order chi connectivity index (χ1) is 8.22. The molecule has 1 atom stereocenters. The van der Waals surface area contributed by atoms with Gasteiger partial charge in [-0.1, -0.05) is 36.8 Å². The Balaban J connectivity index is 2.26. The van der Waals surface area contributed by atoms with Crippen molar-refractivity contribution in [3.8, 4) is 0 Å². The van der Waals surface area contributed by atoms with Gasteiger partial charge in [0.05, 0.1) is 6.04 Å². The predicted octanol–water partition coefficient (Wildman–Crippen LogP) is 2.65. The Morgan fingerprint density at radius 3 is 2.65 bits per heavy atom. The fraction of sp³-hybridized carbons (Fsp3) is 0.357. The summed E-state index contributed by atoms with van der Waals surface area (Å²) >= 11 is 0. The molecule has 0 saturated heterocycles. The molecule has 0 bridgehead atoms. The first-order valence-electron chi connectivity index (χ1n) is 6.05. The van der Waals surface area contributed by atoms with E-state index in [1.165, 1.54) is 5.56 Å². The van der Waals surface area contributed by atoms with Crippen LogP contribution in [0.4, 0.5) is 0 Å². The standard InChI is InChI=1S/C14H19N3/c1-3-9-17-10-8-16-14(17)13(15)12-6-4-11(2)5-7-12/h4-8,10,13H,3,9,15H2,1-2H3. The minimum Gasteiger partial charge on any atom is -0.333 e. The SMILES string of the molecule is CCCn1ccnc1C(N)c1ccc(C)cc1. The van der Waals surface area contributed by atoms with Crippen molar-refractivity contribution in [3.05, 3.63) is 53.6 Å². The number of benzene rings is 1. The zero-order valence-electron chi connectivity index (χ0n) is 10.4. The van der Waals surface area contributed by atoms with Crippen LogP contribution < -0.4 is 5.73 Å². The zero-order valence-corrected chi connectivity index (χ0v) is 10.4. The number of hydrogen-bond acceptors (Lipinski definition) is 2. The summed E-state index contributed by atoms with van der Waals surface area (Å²) in [5.74, 6) is 0.940. The maximum Gasteiger partial charge on any atom is 0.130 e. The van der Waals surface area contributed by atoms with Crippen molar-refractivity contribution in [2.24, 2.45) is 5.73 Å².